The summed E-state index contributed by atoms with van der Waals surface area (Å²) in [5, 5.41) is 13.7. The summed E-state index contributed by atoms with van der Waals surface area (Å²) in [4.78, 5) is 8.54. The number of hydrogen-bond acceptors (Lipinski definition) is 4. The highest BCUT2D eigenvalue weighted by molar-refractivity contribution is 5.87. The Morgan fingerprint density at radius 3 is 2.68 bits per heavy atom. The van der Waals surface area contributed by atoms with E-state index in [1.54, 1.807) is 6.07 Å². The van der Waals surface area contributed by atoms with Gasteiger partial charge in [0.2, 0.25) is 0 Å². The summed E-state index contributed by atoms with van der Waals surface area (Å²) in [5.41, 5.74) is 0.180. The number of hydrogen-bond donors (Lipinski definition) is 2. The minimum absolute atomic E-state index is 0.00390. The normalized spacial score (nSPS) is 22.7. The van der Waals surface area contributed by atoms with E-state index < -0.39 is 17.8 Å². The van der Waals surface area contributed by atoms with Gasteiger partial charge >= 0.3 is 6.18 Å². The molecule has 1 aromatic carbocycles. The minimum atomic E-state index is -4.41. The van der Waals surface area contributed by atoms with Crippen LogP contribution in [0.15, 0.2) is 42.9 Å². The molecule has 0 spiro atoms. The summed E-state index contributed by atoms with van der Waals surface area (Å²) in [7, 11) is 0. The van der Waals surface area contributed by atoms with Crippen molar-refractivity contribution >= 4 is 16.9 Å². The maximum atomic E-state index is 13.2. The second kappa shape index (κ2) is 7.09. The van der Waals surface area contributed by atoms with E-state index in [4.69, 9.17) is 0 Å². The van der Waals surface area contributed by atoms with Gasteiger partial charge in [-0.25, -0.2) is 9.97 Å². The first-order valence-electron chi connectivity index (χ1n) is 9.06. The van der Waals surface area contributed by atoms with E-state index in [2.05, 4.69) is 22.2 Å². The molecule has 1 fully saturated rings. The van der Waals surface area contributed by atoms with E-state index in [-0.39, 0.29) is 24.1 Å². The summed E-state index contributed by atoms with van der Waals surface area (Å²) in [6.07, 6.45) is -0.231. The Kier molecular flexibility index (Phi) is 4.74. The average molecular weight is 389 g/mol. The third kappa shape index (κ3) is 3.44. The predicted molar refractivity (Wildman–Crippen MR) is 99.4 cm³/mol. The fourth-order valence-corrected chi connectivity index (χ4v) is 3.84. The molecule has 5 nitrogen and oxygen atoms in total. The van der Waals surface area contributed by atoms with Crippen molar-refractivity contribution in [2.75, 3.05) is 5.32 Å². The Labute approximate surface area is 160 Å². The van der Waals surface area contributed by atoms with Crippen LogP contribution < -0.4 is 5.32 Å². The van der Waals surface area contributed by atoms with Gasteiger partial charge in [-0.2, -0.15) is 13.2 Å². The fraction of sp³-hybridized carbons (Fsp3) is 0.350. The number of nitrogens with one attached hydrogen (secondary N) is 1. The van der Waals surface area contributed by atoms with Crippen LogP contribution in [0.3, 0.4) is 0 Å². The van der Waals surface area contributed by atoms with Gasteiger partial charge in [0.1, 0.15) is 17.8 Å². The third-order valence-electron chi connectivity index (χ3n) is 5.30. The Hall–Kier alpha value is -2.61. The van der Waals surface area contributed by atoms with Crippen molar-refractivity contribution in [3.8, 4) is 0 Å². The number of benzene rings is 1. The Bertz CT molecular complexity index is 975. The van der Waals surface area contributed by atoms with Crippen LogP contribution in [-0.2, 0) is 12.7 Å². The van der Waals surface area contributed by atoms with Crippen LogP contribution in [0.4, 0.5) is 19.0 Å². The van der Waals surface area contributed by atoms with Crippen molar-refractivity contribution in [3.05, 3.63) is 60.9 Å². The molecule has 8 heteroatoms. The Morgan fingerprint density at radius 2 is 1.96 bits per heavy atom. The van der Waals surface area contributed by atoms with Crippen molar-refractivity contribution in [1.29, 1.82) is 0 Å². The van der Waals surface area contributed by atoms with Crippen LogP contribution in [0.5, 0.6) is 0 Å². The van der Waals surface area contributed by atoms with Crippen molar-refractivity contribution in [3.63, 3.8) is 0 Å². The number of rotatable bonds is 4. The summed E-state index contributed by atoms with van der Waals surface area (Å²) in [5.74, 6) is 0.450. The van der Waals surface area contributed by atoms with Crippen molar-refractivity contribution in [2.45, 2.75) is 37.7 Å². The molecule has 3 aromatic rings. The molecule has 1 radical (unpaired) electrons. The Balaban J connectivity index is 1.60. The number of anilines is 1. The van der Waals surface area contributed by atoms with Gasteiger partial charge in [0.05, 0.1) is 17.1 Å². The van der Waals surface area contributed by atoms with E-state index in [1.807, 2.05) is 16.8 Å². The molecule has 4 rings (SSSR count). The lowest BCUT2D eigenvalue weighted by Gasteiger charge is -2.15. The van der Waals surface area contributed by atoms with Crippen LogP contribution in [0.1, 0.15) is 30.0 Å². The lowest BCUT2D eigenvalue weighted by molar-refractivity contribution is -0.138. The van der Waals surface area contributed by atoms with Crippen molar-refractivity contribution in [2.24, 2.45) is 5.92 Å². The van der Waals surface area contributed by atoms with Gasteiger partial charge in [-0.05, 0) is 43.4 Å². The smallest absolute Gasteiger partial charge is 0.393 e. The summed E-state index contributed by atoms with van der Waals surface area (Å²) < 4.78 is 41.5. The van der Waals surface area contributed by atoms with Crippen molar-refractivity contribution < 1.29 is 18.3 Å². The fourth-order valence-electron chi connectivity index (χ4n) is 3.84. The summed E-state index contributed by atoms with van der Waals surface area (Å²) in [6.45, 7) is 3.96. The molecule has 0 unspecified atom stereocenters. The zero-order chi connectivity index (χ0) is 19.9. The first kappa shape index (κ1) is 18.7. The number of fused-ring (bicyclic) bond motifs is 1. The number of alkyl halides is 3. The first-order chi connectivity index (χ1) is 13.3. The van der Waals surface area contributed by atoms with Gasteiger partial charge < -0.3 is 15.0 Å². The second-order valence-electron chi connectivity index (χ2n) is 7.14. The van der Waals surface area contributed by atoms with Gasteiger partial charge in [0, 0.05) is 18.8 Å². The van der Waals surface area contributed by atoms with Gasteiger partial charge in [-0.3, -0.25) is 0 Å². The molecular weight excluding hydrogens is 369 g/mol. The molecule has 2 heterocycles. The second-order valence-corrected chi connectivity index (χ2v) is 7.14. The SMILES string of the molecule is [CH2][C@H]1C[C@@H](n2ccc3c(NCc4ccccc4C(F)(F)F)ncnc32)C[C@@H]1O. The molecule has 0 aliphatic heterocycles. The molecule has 0 amide bonds. The Morgan fingerprint density at radius 1 is 1.18 bits per heavy atom. The molecule has 1 aliphatic rings. The van der Waals surface area contributed by atoms with Crippen LogP contribution >= 0.6 is 0 Å². The largest absolute Gasteiger partial charge is 0.416 e. The standard InChI is InChI=1S/C20H20F3N4O/c1-12-8-14(9-17(12)28)27-7-6-15-18(25-11-26-19(15)27)24-10-13-4-2-3-5-16(13)20(21,22)23/h2-7,11-12,14,17,28H,1,8-10H2,(H,24,25,26)/t12-,14+,17-/m0/s1. The average Bonchev–Trinajstić information content (AvgIpc) is 3.23. The molecular formula is C20H20F3N4O. The maximum absolute atomic E-state index is 13.2. The van der Waals surface area contributed by atoms with E-state index in [9.17, 15) is 18.3 Å². The van der Waals surface area contributed by atoms with Crippen molar-refractivity contribution in [1.82, 2.24) is 14.5 Å². The number of aliphatic hydroxyl groups excluding tert-OH is 1. The zero-order valence-corrected chi connectivity index (χ0v) is 15.0. The molecule has 147 valence electrons. The summed E-state index contributed by atoms with van der Waals surface area (Å²) in [6, 6.07) is 7.41. The zero-order valence-electron chi connectivity index (χ0n) is 15.0. The molecule has 0 saturated heterocycles. The molecule has 1 aliphatic carbocycles. The predicted octanol–water partition coefficient (Wildman–Crippen LogP) is 4.21. The van der Waals surface area contributed by atoms with E-state index in [1.165, 1.54) is 18.5 Å². The van der Waals surface area contributed by atoms with Crippen LogP contribution in [-0.4, -0.2) is 25.7 Å². The molecule has 28 heavy (non-hydrogen) atoms. The number of aromatic nitrogens is 3. The minimum Gasteiger partial charge on any atom is -0.393 e. The topological polar surface area (TPSA) is 63.0 Å². The van der Waals surface area contributed by atoms with Gasteiger partial charge in [-0.15, -0.1) is 0 Å². The molecule has 2 N–H and O–H groups in total. The highest BCUT2D eigenvalue weighted by Gasteiger charge is 2.33. The van der Waals surface area contributed by atoms with Crippen LogP contribution in [0.2, 0.25) is 0 Å². The number of aliphatic hydroxyl groups is 1. The lowest BCUT2D eigenvalue weighted by Crippen LogP contribution is -2.12. The van der Waals surface area contributed by atoms with Crippen LogP contribution in [0.25, 0.3) is 11.0 Å². The van der Waals surface area contributed by atoms with E-state index in [0.717, 1.165) is 17.9 Å². The van der Waals surface area contributed by atoms with Gasteiger partial charge in [0.15, 0.2) is 0 Å². The molecule has 1 saturated carbocycles. The van der Waals surface area contributed by atoms with Gasteiger partial charge in [-0.1, -0.05) is 18.2 Å². The number of halogens is 3. The maximum Gasteiger partial charge on any atom is 0.416 e. The molecule has 3 atom stereocenters. The van der Waals surface area contributed by atoms with E-state index in [0.29, 0.717) is 17.9 Å². The van der Waals surface area contributed by atoms with Crippen LogP contribution in [0, 0.1) is 12.8 Å². The number of nitrogens with zero attached hydrogens (tertiary/aromatic N) is 3. The molecule has 2 aromatic heterocycles. The highest BCUT2D eigenvalue weighted by Crippen LogP contribution is 2.37. The molecule has 0 bridgehead atoms. The van der Waals surface area contributed by atoms with Gasteiger partial charge in [0.25, 0.3) is 0 Å². The monoisotopic (exact) mass is 389 g/mol. The quantitative estimate of drug-likeness (QED) is 0.702. The first-order valence-corrected chi connectivity index (χ1v) is 9.06. The lowest BCUT2D eigenvalue weighted by atomic mass is 10.1. The summed E-state index contributed by atoms with van der Waals surface area (Å²) >= 11 is 0. The highest BCUT2D eigenvalue weighted by atomic mass is 19.4. The van der Waals surface area contributed by atoms with E-state index >= 15 is 0 Å². The third-order valence-corrected chi connectivity index (χ3v) is 5.30.